The van der Waals surface area contributed by atoms with E-state index in [1.54, 1.807) is 18.2 Å². The number of fused-ring (bicyclic) bond motifs is 3. The molecule has 0 radical (unpaired) electrons. The number of ether oxygens (including phenoxy) is 5. The molecule has 0 aromatic heterocycles. The number of methoxy groups -OCH3 is 2. The summed E-state index contributed by atoms with van der Waals surface area (Å²) in [5.74, 6) is -0.167. The lowest BCUT2D eigenvalue weighted by Gasteiger charge is -2.20. The number of carbonyl (C=O) groups is 2. The number of benzene rings is 1. The molecule has 0 unspecified atom stereocenters. The van der Waals surface area contributed by atoms with Crippen molar-refractivity contribution >= 4 is 18.0 Å². The molecule has 1 aromatic carbocycles. The van der Waals surface area contributed by atoms with Gasteiger partial charge in [0.15, 0.2) is 0 Å². The van der Waals surface area contributed by atoms with E-state index in [0.29, 0.717) is 35.5 Å². The van der Waals surface area contributed by atoms with Crippen LogP contribution >= 0.6 is 0 Å². The molecule has 0 bridgehead atoms. The summed E-state index contributed by atoms with van der Waals surface area (Å²) in [6.45, 7) is 6.00. The standard InChI is InChI=1S/C27H29NO7/c1-16-21-9-7-17(6-5-11-27(2)24(35-27)23(21)34-25(16)29)15-33-26(30)19(14-28)12-18-13-20(31-3)8-10-22(18)32-4/h6,8,10,12-13,21,23-24H,1,5,7,9,11,15H2,2-4H3/b17-6+,19-12+/t21-,23-,24-,27+/m0/s1. The first-order valence-electron chi connectivity index (χ1n) is 11.6. The number of hydrogen-bond acceptors (Lipinski definition) is 8. The van der Waals surface area contributed by atoms with E-state index in [4.69, 9.17) is 23.7 Å². The largest absolute Gasteiger partial charge is 0.497 e. The molecule has 8 heteroatoms. The van der Waals surface area contributed by atoms with Gasteiger partial charge < -0.3 is 23.7 Å². The third-order valence-electron chi connectivity index (χ3n) is 6.90. The number of nitriles is 1. The molecule has 35 heavy (non-hydrogen) atoms. The van der Waals surface area contributed by atoms with Gasteiger partial charge in [0.1, 0.15) is 42.0 Å². The maximum atomic E-state index is 12.7. The second-order valence-corrected chi connectivity index (χ2v) is 9.15. The Labute approximate surface area is 204 Å². The van der Waals surface area contributed by atoms with Crippen LogP contribution in [0, 0.1) is 17.2 Å². The van der Waals surface area contributed by atoms with E-state index in [0.717, 1.165) is 18.4 Å². The molecule has 2 heterocycles. The molecule has 3 aliphatic rings. The van der Waals surface area contributed by atoms with Gasteiger partial charge in [0, 0.05) is 17.1 Å². The van der Waals surface area contributed by atoms with Crippen LogP contribution in [0.15, 0.2) is 47.6 Å². The van der Waals surface area contributed by atoms with Crippen LogP contribution in [-0.4, -0.2) is 50.6 Å². The van der Waals surface area contributed by atoms with Gasteiger partial charge in [-0.2, -0.15) is 5.26 Å². The number of epoxide rings is 1. The fourth-order valence-corrected chi connectivity index (χ4v) is 4.73. The highest BCUT2D eigenvalue weighted by Crippen LogP contribution is 2.49. The van der Waals surface area contributed by atoms with E-state index in [9.17, 15) is 14.9 Å². The van der Waals surface area contributed by atoms with Gasteiger partial charge in [-0.25, -0.2) is 9.59 Å². The SMILES string of the molecule is C=C1C(=O)O[C@H]2[C@H]1CC/C(COC(=O)/C(C#N)=C/c1cc(OC)ccc1OC)=C\CC[C@@]1(C)O[C@@H]21. The van der Waals surface area contributed by atoms with Crippen LogP contribution in [0.25, 0.3) is 6.08 Å². The van der Waals surface area contributed by atoms with Crippen LogP contribution in [-0.2, 0) is 23.8 Å². The molecule has 1 aliphatic carbocycles. The molecule has 4 rings (SSSR count). The van der Waals surface area contributed by atoms with Gasteiger partial charge in [-0.1, -0.05) is 12.7 Å². The van der Waals surface area contributed by atoms with E-state index in [-0.39, 0.29) is 41.9 Å². The van der Waals surface area contributed by atoms with E-state index >= 15 is 0 Å². The molecule has 2 fully saturated rings. The maximum Gasteiger partial charge on any atom is 0.349 e. The quantitative estimate of drug-likeness (QED) is 0.199. The van der Waals surface area contributed by atoms with Gasteiger partial charge in [-0.3, -0.25) is 0 Å². The summed E-state index contributed by atoms with van der Waals surface area (Å²) in [4.78, 5) is 24.9. The van der Waals surface area contributed by atoms with Gasteiger partial charge in [-0.05, 0) is 62.5 Å². The lowest BCUT2D eigenvalue weighted by Crippen LogP contribution is -2.29. The number of esters is 2. The summed E-state index contributed by atoms with van der Waals surface area (Å²) in [6, 6.07) is 7.01. The average molecular weight is 480 g/mol. The zero-order valence-electron chi connectivity index (χ0n) is 20.2. The van der Waals surface area contributed by atoms with Gasteiger partial charge in [0.05, 0.1) is 19.8 Å². The predicted octanol–water partition coefficient (Wildman–Crippen LogP) is 3.91. The van der Waals surface area contributed by atoms with E-state index in [2.05, 4.69) is 12.7 Å². The van der Waals surface area contributed by atoms with E-state index in [1.165, 1.54) is 20.3 Å². The Morgan fingerprint density at radius 2 is 2.14 bits per heavy atom. The average Bonchev–Trinajstić information content (AvgIpc) is 3.45. The maximum absolute atomic E-state index is 12.7. The van der Waals surface area contributed by atoms with Gasteiger partial charge in [-0.15, -0.1) is 0 Å². The fourth-order valence-electron chi connectivity index (χ4n) is 4.73. The van der Waals surface area contributed by atoms with Crippen molar-refractivity contribution in [3.63, 3.8) is 0 Å². The lowest BCUT2D eigenvalue weighted by molar-refractivity contribution is -0.140. The molecule has 0 N–H and O–H groups in total. The van der Waals surface area contributed by atoms with Gasteiger partial charge in [0.2, 0.25) is 0 Å². The molecular weight excluding hydrogens is 450 g/mol. The summed E-state index contributed by atoms with van der Waals surface area (Å²) in [5, 5.41) is 9.58. The minimum absolute atomic E-state index is 0.0484. The first-order valence-corrected chi connectivity index (χ1v) is 11.6. The third kappa shape index (κ3) is 5.10. The summed E-state index contributed by atoms with van der Waals surface area (Å²) < 4.78 is 27.5. The van der Waals surface area contributed by atoms with Gasteiger partial charge >= 0.3 is 11.9 Å². The molecule has 0 saturated carbocycles. The molecule has 1 aromatic rings. The predicted molar refractivity (Wildman–Crippen MR) is 126 cm³/mol. The number of allylic oxidation sites excluding steroid dienone is 1. The van der Waals surface area contributed by atoms with Crippen molar-refractivity contribution in [2.45, 2.75) is 50.4 Å². The fraction of sp³-hybridized carbons (Fsp3) is 0.444. The molecule has 4 atom stereocenters. The lowest BCUT2D eigenvalue weighted by atomic mass is 9.84. The highest BCUT2D eigenvalue weighted by molar-refractivity contribution is 5.98. The summed E-state index contributed by atoms with van der Waals surface area (Å²) in [5.41, 5.74) is 1.42. The van der Waals surface area contributed by atoms with Crippen molar-refractivity contribution in [2.75, 3.05) is 20.8 Å². The summed E-state index contributed by atoms with van der Waals surface area (Å²) in [6.07, 6.45) is 5.80. The van der Waals surface area contributed by atoms with Crippen LogP contribution in [0.5, 0.6) is 11.5 Å². The second kappa shape index (κ2) is 9.96. The normalized spacial score (nSPS) is 29.5. The highest BCUT2D eigenvalue weighted by atomic mass is 16.6. The molecule has 8 nitrogen and oxygen atoms in total. The molecule has 2 aliphatic heterocycles. The monoisotopic (exact) mass is 479 g/mol. The molecule has 184 valence electrons. The Hall–Kier alpha value is -3.57. The van der Waals surface area contributed by atoms with E-state index < -0.39 is 5.97 Å². The Morgan fingerprint density at radius 3 is 2.86 bits per heavy atom. The number of nitrogens with zero attached hydrogens (tertiary/aromatic N) is 1. The Balaban J connectivity index is 1.46. The van der Waals surface area contributed by atoms with Gasteiger partial charge in [0.25, 0.3) is 0 Å². The van der Waals surface area contributed by atoms with Crippen LogP contribution < -0.4 is 9.47 Å². The first kappa shape index (κ1) is 24.6. The first-order chi connectivity index (χ1) is 16.8. The molecule has 2 saturated heterocycles. The number of rotatable bonds is 6. The van der Waals surface area contributed by atoms with Crippen molar-refractivity contribution in [3.8, 4) is 17.6 Å². The smallest absolute Gasteiger partial charge is 0.349 e. The zero-order valence-corrected chi connectivity index (χ0v) is 20.2. The van der Waals surface area contributed by atoms with Crippen molar-refractivity contribution < 1.29 is 33.3 Å². The number of carbonyl (C=O) groups excluding carboxylic acids is 2. The molecule has 0 spiro atoms. The zero-order chi connectivity index (χ0) is 25.2. The summed E-state index contributed by atoms with van der Waals surface area (Å²) in [7, 11) is 3.04. The van der Waals surface area contributed by atoms with Crippen LogP contribution in [0.1, 0.15) is 38.2 Å². The van der Waals surface area contributed by atoms with Crippen molar-refractivity contribution in [1.29, 1.82) is 5.26 Å². The summed E-state index contributed by atoms with van der Waals surface area (Å²) >= 11 is 0. The van der Waals surface area contributed by atoms with E-state index in [1.807, 2.05) is 13.0 Å². The van der Waals surface area contributed by atoms with Crippen LogP contribution in [0.4, 0.5) is 0 Å². The Kier molecular flexibility index (Phi) is 6.99. The van der Waals surface area contributed by atoms with Crippen LogP contribution in [0.3, 0.4) is 0 Å². The van der Waals surface area contributed by atoms with Crippen molar-refractivity contribution in [1.82, 2.24) is 0 Å². The Morgan fingerprint density at radius 1 is 1.34 bits per heavy atom. The third-order valence-corrected chi connectivity index (χ3v) is 6.90. The number of hydrogen-bond donors (Lipinski definition) is 0. The van der Waals surface area contributed by atoms with Crippen molar-refractivity contribution in [3.05, 3.63) is 53.1 Å². The van der Waals surface area contributed by atoms with Crippen molar-refractivity contribution in [2.24, 2.45) is 5.92 Å². The molecule has 0 amide bonds. The highest BCUT2D eigenvalue weighted by Gasteiger charge is 2.61. The Bertz CT molecular complexity index is 1140. The molecular formula is C27H29NO7. The van der Waals surface area contributed by atoms with Crippen LogP contribution in [0.2, 0.25) is 0 Å². The second-order valence-electron chi connectivity index (χ2n) is 9.15. The minimum atomic E-state index is -0.727. The topological polar surface area (TPSA) is 107 Å². The minimum Gasteiger partial charge on any atom is -0.497 e.